The molecule has 2 atom stereocenters. The van der Waals surface area contributed by atoms with Crippen LogP contribution in [0.2, 0.25) is 0 Å². The van der Waals surface area contributed by atoms with Gasteiger partial charge in [0.25, 0.3) is 0 Å². The quantitative estimate of drug-likeness (QED) is 0.150. The molecule has 0 aliphatic rings. The number of phosphoric acid groups is 1. The van der Waals surface area contributed by atoms with Crippen LogP contribution in [0.1, 0.15) is 40.5 Å². The molecule has 0 aliphatic heterocycles. The summed E-state index contributed by atoms with van der Waals surface area (Å²) in [6.45, 7) is 8.18. The number of likely N-dealkylation sites (N-methyl/N-ethyl adjacent to an activating group) is 2. The Morgan fingerprint density at radius 2 is 1.24 bits per heavy atom. The number of ether oxygens (including phenoxy) is 2. The Bertz CT molecular complexity index is 685. The highest BCUT2D eigenvalue weighted by Gasteiger charge is 2.43. The molecule has 10 nitrogen and oxygen atoms in total. The Morgan fingerprint density at radius 1 is 0.788 bits per heavy atom. The number of esters is 2. The van der Waals surface area contributed by atoms with Crippen LogP contribution in [0, 0.1) is 10.8 Å². The van der Waals surface area contributed by atoms with Crippen LogP contribution in [-0.4, -0.2) is 108 Å². The van der Waals surface area contributed by atoms with Crippen molar-refractivity contribution >= 4 is 19.8 Å². The van der Waals surface area contributed by atoms with E-state index in [1.165, 1.54) is 0 Å². The van der Waals surface area contributed by atoms with Gasteiger partial charge in [-0.25, -0.2) is 4.57 Å². The average molecular weight is 499 g/mol. The largest absolute Gasteiger partial charge is 0.472 e. The molecule has 196 valence electrons. The molecule has 0 fully saturated rings. The Labute approximate surface area is 199 Å². The Kier molecular flexibility index (Phi) is 12.2. The predicted octanol–water partition coefficient (Wildman–Crippen LogP) is 2.45. The normalized spacial score (nSPS) is 16.6. The molecule has 0 bridgehead atoms. The van der Waals surface area contributed by atoms with Crippen LogP contribution in [0.5, 0.6) is 0 Å². The van der Waals surface area contributed by atoms with Crippen molar-refractivity contribution in [2.45, 2.75) is 40.5 Å². The first kappa shape index (κ1) is 32.0. The zero-order chi connectivity index (χ0) is 26.1. The van der Waals surface area contributed by atoms with Gasteiger partial charge in [0, 0.05) is 0 Å². The number of rotatable bonds is 16. The molecule has 0 saturated carbocycles. The minimum Gasteiger partial charge on any atom is -0.463 e. The number of phosphoric ester groups is 1. The first-order valence-electron chi connectivity index (χ1n) is 11.3. The van der Waals surface area contributed by atoms with Crippen molar-refractivity contribution in [3.8, 4) is 0 Å². The molecular formula is C22H47N2O8P+2. The topological polar surface area (TPSA) is 108 Å². The van der Waals surface area contributed by atoms with E-state index in [9.17, 15) is 19.0 Å². The highest BCUT2D eigenvalue weighted by Crippen LogP contribution is 2.43. The van der Waals surface area contributed by atoms with Crippen molar-refractivity contribution in [3.63, 3.8) is 0 Å². The summed E-state index contributed by atoms with van der Waals surface area (Å²) < 4.78 is 33.7. The van der Waals surface area contributed by atoms with Crippen LogP contribution >= 0.6 is 7.82 Å². The molecule has 0 rings (SSSR count). The minimum atomic E-state index is -4.22. The van der Waals surface area contributed by atoms with E-state index >= 15 is 0 Å². The molecule has 0 aromatic rings. The zero-order valence-corrected chi connectivity index (χ0v) is 23.2. The summed E-state index contributed by atoms with van der Waals surface area (Å²) in [5.74, 6) is -0.862. The maximum Gasteiger partial charge on any atom is 0.472 e. The van der Waals surface area contributed by atoms with Crippen LogP contribution < -0.4 is 0 Å². The van der Waals surface area contributed by atoms with Crippen LogP contribution in [0.4, 0.5) is 0 Å². The molecule has 2 unspecified atom stereocenters. The second kappa shape index (κ2) is 12.6. The lowest BCUT2D eigenvalue weighted by atomic mass is 9.72. The third-order valence-electron chi connectivity index (χ3n) is 5.24. The van der Waals surface area contributed by atoms with E-state index in [1.807, 2.05) is 49.2 Å². The minimum absolute atomic E-state index is 0.0604. The summed E-state index contributed by atoms with van der Waals surface area (Å²) in [7, 11) is 7.62. The fraction of sp³-hybridized carbons (Fsp3) is 0.909. The van der Waals surface area contributed by atoms with E-state index in [2.05, 4.69) is 0 Å². The molecule has 0 heterocycles. The first-order valence-corrected chi connectivity index (χ1v) is 12.8. The molecule has 0 aliphatic carbocycles. The summed E-state index contributed by atoms with van der Waals surface area (Å²) in [5.41, 5.74) is -1.81. The molecule has 0 saturated heterocycles. The summed E-state index contributed by atoms with van der Waals surface area (Å²) in [6, 6.07) is 0. The Hall–Kier alpha value is -1.03. The van der Waals surface area contributed by atoms with Gasteiger partial charge in [0.15, 0.2) is 0 Å². The lowest BCUT2D eigenvalue weighted by Crippen LogP contribution is -2.41. The molecular weight excluding hydrogens is 451 g/mol. The average Bonchev–Trinajstić information content (AvgIpc) is 2.62. The summed E-state index contributed by atoms with van der Waals surface area (Å²) in [5, 5.41) is 0. The van der Waals surface area contributed by atoms with Crippen molar-refractivity contribution in [2.24, 2.45) is 10.8 Å². The van der Waals surface area contributed by atoms with E-state index in [4.69, 9.17) is 18.5 Å². The van der Waals surface area contributed by atoms with Gasteiger partial charge in [0.2, 0.25) is 0 Å². The lowest BCUT2D eigenvalue weighted by molar-refractivity contribution is -0.870. The predicted molar refractivity (Wildman–Crippen MR) is 126 cm³/mol. The summed E-state index contributed by atoms with van der Waals surface area (Å²) in [4.78, 5) is 35.1. The van der Waals surface area contributed by atoms with Crippen molar-refractivity contribution in [1.82, 2.24) is 0 Å². The zero-order valence-electron chi connectivity index (χ0n) is 22.3. The van der Waals surface area contributed by atoms with E-state index in [1.54, 1.807) is 20.8 Å². The van der Waals surface area contributed by atoms with E-state index < -0.39 is 24.6 Å². The van der Waals surface area contributed by atoms with Gasteiger partial charge in [-0.15, -0.1) is 0 Å². The van der Waals surface area contributed by atoms with Crippen LogP contribution in [0.3, 0.4) is 0 Å². The number of carbonyl (C=O) groups is 2. The number of nitrogens with zero attached hydrogens (tertiary/aromatic N) is 2. The van der Waals surface area contributed by atoms with E-state index in [0.29, 0.717) is 35.1 Å². The number of quaternary nitrogens is 2. The van der Waals surface area contributed by atoms with Crippen molar-refractivity contribution in [1.29, 1.82) is 0 Å². The molecule has 0 aromatic heterocycles. The maximum atomic E-state index is 12.8. The smallest absolute Gasteiger partial charge is 0.463 e. The Balaban J connectivity index is 4.68. The number of hydrogen-bond donors (Lipinski definition) is 1. The van der Waals surface area contributed by atoms with Crippen LogP contribution in [-0.2, 0) is 32.7 Å². The van der Waals surface area contributed by atoms with Gasteiger partial charge in [-0.1, -0.05) is 6.92 Å². The third kappa shape index (κ3) is 14.1. The van der Waals surface area contributed by atoms with Gasteiger partial charge in [-0.3, -0.25) is 18.6 Å². The molecule has 1 N–H and O–H groups in total. The van der Waals surface area contributed by atoms with Gasteiger partial charge >= 0.3 is 19.8 Å². The summed E-state index contributed by atoms with van der Waals surface area (Å²) in [6.07, 6.45) is 0.695. The monoisotopic (exact) mass is 498 g/mol. The van der Waals surface area contributed by atoms with Crippen molar-refractivity contribution in [2.75, 3.05) is 81.8 Å². The maximum absolute atomic E-state index is 12.8. The van der Waals surface area contributed by atoms with Crippen molar-refractivity contribution < 1.29 is 46.5 Å². The Morgan fingerprint density at radius 3 is 1.73 bits per heavy atom. The number of hydrogen-bond acceptors (Lipinski definition) is 7. The van der Waals surface area contributed by atoms with Crippen LogP contribution in [0.15, 0.2) is 0 Å². The molecule has 0 amide bonds. The second-order valence-electron chi connectivity index (χ2n) is 11.4. The highest BCUT2D eigenvalue weighted by atomic mass is 31.2. The van der Waals surface area contributed by atoms with E-state index in [0.717, 1.165) is 0 Å². The standard InChI is InChI=1S/C22H46N2O8P/c1-11-22(4,18-21(2,3)19(25)29-14-12-23(5,6)7)20(26)30-16-17-32-33(27,28)31-15-13-24(8,9)10/h11-18H2,1-10H3/q+1/p+1. The molecule has 11 heteroatoms. The van der Waals surface area contributed by atoms with Gasteiger partial charge in [0.05, 0.1) is 59.7 Å². The van der Waals surface area contributed by atoms with Gasteiger partial charge < -0.3 is 23.3 Å². The van der Waals surface area contributed by atoms with Gasteiger partial charge in [-0.2, -0.15) is 0 Å². The molecule has 33 heavy (non-hydrogen) atoms. The second-order valence-corrected chi connectivity index (χ2v) is 12.9. The van der Waals surface area contributed by atoms with Crippen molar-refractivity contribution in [3.05, 3.63) is 0 Å². The lowest BCUT2D eigenvalue weighted by Gasteiger charge is -2.34. The molecule has 0 radical (unpaired) electrons. The molecule has 0 spiro atoms. The molecule has 0 aromatic carbocycles. The van der Waals surface area contributed by atoms with Crippen LogP contribution in [0.25, 0.3) is 0 Å². The highest BCUT2D eigenvalue weighted by molar-refractivity contribution is 7.47. The first-order chi connectivity index (χ1) is 14.7. The SMILES string of the molecule is CCC(C)(CC(C)(C)C(=O)OCC[N+](C)(C)C)C(=O)OCCOP(=O)(O)OCC[N+](C)(C)C. The summed E-state index contributed by atoms with van der Waals surface area (Å²) >= 11 is 0. The number of carbonyl (C=O) groups excluding carboxylic acids is 2. The third-order valence-corrected chi connectivity index (χ3v) is 6.26. The fourth-order valence-corrected chi connectivity index (χ4v) is 3.62. The van der Waals surface area contributed by atoms with Gasteiger partial charge in [0.1, 0.15) is 32.9 Å². The fourth-order valence-electron chi connectivity index (χ4n) is 2.93. The van der Waals surface area contributed by atoms with Gasteiger partial charge in [-0.05, 0) is 33.6 Å². The van der Waals surface area contributed by atoms with E-state index in [-0.39, 0.29) is 32.2 Å².